The van der Waals surface area contributed by atoms with E-state index >= 15 is 0 Å². The van der Waals surface area contributed by atoms with Crippen LogP contribution in [0.15, 0.2) is 36.4 Å². The zero-order chi connectivity index (χ0) is 30.8. The van der Waals surface area contributed by atoms with Crippen LogP contribution in [0, 0.1) is 0 Å². The molecule has 0 aliphatic rings. The van der Waals surface area contributed by atoms with Crippen LogP contribution in [0.2, 0.25) is 0 Å². The first-order chi connectivity index (χ1) is 19.2. The van der Waals surface area contributed by atoms with Gasteiger partial charge in [-0.2, -0.15) is 0 Å². The van der Waals surface area contributed by atoms with Gasteiger partial charge < -0.3 is 50.8 Å². The third kappa shape index (κ3) is 12.7. The number of phenols is 2. The molecule has 0 amide bonds. The maximum absolute atomic E-state index is 12.3. The number of hydrogen-bond donors (Lipinski definition) is 10. The Morgan fingerprint density at radius 3 is 1.50 bits per heavy atom. The van der Waals surface area contributed by atoms with Crippen molar-refractivity contribution in [1.82, 2.24) is 9.80 Å². The molecule has 240 valence electrons. The van der Waals surface area contributed by atoms with Crippen molar-refractivity contribution >= 4 is 15.2 Å². The molecular weight excluding hydrogens is 636 g/mol. The second kappa shape index (κ2) is 17.8. The molecule has 0 radical (unpaired) electrons. The smallest absolute Gasteiger partial charge is 0.339 e. The Morgan fingerprint density at radius 2 is 1.14 bits per heavy atom. The number of phenolic OH excluding ortho intramolecular Hbond substituents is 2. The van der Waals surface area contributed by atoms with Gasteiger partial charge in [-0.05, 0) is 54.8 Å². The van der Waals surface area contributed by atoms with Gasteiger partial charge >= 0.3 is 15.2 Å². The molecule has 42 heavy (non-hydrogen) atoms. The minimum absolute atomic E-state index is 0. The van der Waals surface area contributed by atoms with Crippen LogP contribution in [0.5, 0.6) is 11.5 Å². The first-order valence-electron chi connectivity index (χ1n) is 12.9. The fraction of sp³-hybridized carbons (Fsp3) is 0.520. The van der Waals surface area contributed by atoms with Gasteiger partial charge in [-0.25, -0.2) is 0 Å². The van der Waals surface area contributed by atoms with Gasteiger partial charge in [-0.1, -0.05) is 18.6 Å². The third-order valence-electron chi connectivity index (χ3n) is 6.65. The third-order valence-corrected chi connectivity index (χ3v) is 8.12. The number of benzene rings is 2. The Kier molecular flexibility index (Phi) is 16.4. The van der Waals surface area contributed by atoms with E-state index in [0.29, 0.717) is 30.5 Å². The van der Waals surface area contributed by atoms with Gasteiger partial charge in [0, 0.05) is 53.4 Å². The quantitative estimate of drug-likeness (QED) is 0.0587. The maximum Gasteiger partial charge on any atom is 0.339 e. The average Bonchev–Trinajstić information content (AvgIpc) is 2.88. The molecule has 0 spiro atoms. The van der Waals surface area contributed by atoms with Gasteiger partial charge in [0.2, 0.25) is 0 Å². The van der Waals surface area contributed by atoms with E-state index in [2.05, 4.69) is 0 Å². The molecule has 2 atom stereocenters. The molecule has 11 N–H and O–H groups in total. The zero-order valence-electron chi connectivity index (χ0n) is 23.0. The summed E-state index contributed by atoms with van der Waals surface area (Å²) >= 11 is 0. The van der Waals surface area contributed by atoms with Gasteiger partial charge in [-0.3, -0.25) is 18.9 Å². The molecular formula is C25H41FeN3O11P2. The topological polar surface area (TPSA) is 249 Å². The van der Waals surface area contributed by atoms with Crippen molar-refractivity contribution in [3.63, 3.8) is 0 Å². The normalized spacial score (nSPS) is 13.8. The summed E-state index contributed by atoms with van der Waals surface area (Å²) in [6, 6.07) is 6.49. The average molecular weight is 677 g/mol. The summed E-state index contributed by atoms with van der Waals surface area (Å²) < 4.78 is 24.5. The minimum atomic E-state index is -4.76. The molecule has 0 saturated heterocycles. The largest absolute Gasteiger partial charge is 0.508 e. The molecule has 2 rings (SSSR count). The molecule has 2 aromatic carbocycles. The summed E-state index contributed by atoms with van der Waals surface area (Å²) in [7, 11) is -9.51. The summed E-state index contributed by atoms with van der Waals surface area (Å²) in [6.07, 6.45) is -0.518. The second-order valence-electron chi connectivity index (χ2n) is 9.95. The Hall–Kier alpha value is -1.38. The van der Waals surface area contributed by atoms with E-state index in [9.17, 15) is 54.2 Å². The van der Waals surface area contributed by atoms with Crippen molar-refractivity contribution < 1.29 is 71.3 Å². The maximum atomic E-state index is 12.3. The molecule has 0 heterocycles. The summed E-state index contributed by atoms with van der Waals surface area (Å²) in [4.78, 5) is 42.3. The Bertz CT molecular complexity index is 1210. The number of unbranched alkanes of at least 4 members (excludes halogenated alkanes) is 1. The van der Waals surface area contributed by atoms with E-state index in [1.807, 2.05) is 0 Å². The first kappa shape index (κ1) is 38.6. The van der Waals surface area contributed by atoms with Crippen LogP contribution in [-0.2, 0) is 52.5 Å². The van der Waals surface area contributed by atoms with Crippen molar-refractivity contribution in [3.8, 4) is 11.5 Å². The molecule has 2 aromatic rings. The van der Waals surface area contributed by atoms with Crippen molar-refractivity contribution in [2.45, 2.75) is 57.6 Å². The van der Waals surface area contributed by atoms with Gasteiger partial charge in [0.05, 0.1) is 19.8 Å². The molecule has 0 bridgehead atoms. The Balaban J connectivity index is 0.00000882. The van der Waals surface area contributed by atoms with E-state index in [0.717, 1.165) is 0 Å². The fourth-order valence-corrected chi connectivity index (χ4v) is 6.35. The van der Waals surface area contributed by atoms with Crippen molar-refractivity contribution in [3.05, 3.63) is 58.7 Å². The van der Waals surface area contributed by atoms with Crippen molar-refractivity contribution in [2.24, 2.45) is 5.73 Å². The molecule has 17 heteroatoms. The molecule has 0 saturated carbocycles. The predicted molar refractivity (Wildman–Crippen MR) is 151 cm³/mol. The second-order valence-corrected chi connectivity index (χ2v) is 13.2. The Labute approximate surface area is 255 Å². The van der Waals surface area contributed by atoms with Crippen molar-refractivity contribution in [1.29, 1.82) is 0 Å². The fourth-order valence-electron chi connectivity index (χ4n) is 4.78. The standard InChI is InChI=1S/C25H41N3O11P2.Fe/c26-8-2-1-3-22(27(16-40(34,35)36)11-20-9-18(13-29)4-6-24(20)32)23(15-31)28(17-41(37,38)39)12-21-10-19(14-30)5-7-25(21)33;/h4-7,9-10,22-23,29-33H,1-3,8,11-17,26H2,(H2,34,35,36)(H2,37,38,39);. The van der Waals surface area contributed by atoms with Crippen LogP contribution in [-0.4, -0.2) is 92.7 Å². The van der Waals surface area contributed by atoms with Crippen LogP contribution in [0.3, 0.4) is 0 Å². The van der Waals surface area contributed by atoms with E-state index in [1.165, 1.54) is 46.2 Å². The van der Waals surface area contributed by atoms with Crippen LogP contribution >= 0.6 is 15.2 Å². The molecule has 2 unspecified atom stereocenters. The van der Waals surface area contributed by atoms with Crippen molar-refractivity contribution in [2.75, 3.05) is 25.7 Å². The van der Waals surface area contributed by atoms with E-state index < -0.39 is 46.5 Å². The number of nitrogens with two attached hydrogens (primary N) is 1. The molecule has 0 fully saturated rings. The van der Waals surface area contributed by atoms with Gasteiger partial charge in [0.15, 0.2) is 0 Å². The monoisotopic (exact) mass is 677 g/mol. The molecule has 0 aromatic heterocycles. The number of nitrogens with zero attached hydrogens (tertiary/aromatic N) is 2. The van der Waals surface area contributed by atoms with Gasteiger partial charge in [0.1, 0.15) is 24.1 Å². The Morgan fingerprint density at radius 1 is 0.714 bits per heavy atom. The summed E-state index contributed by atoms with van der Waals surface area (Å²) in [5.74, 6) is -0.413. The number of aliphatic hydroxyl groups is 3. The van der Waals surface area contributed by atoms with E-state index in [1.54, 1.807) is 0 Å². The van der Waals surface area contributed by atoms with E-state index in [-0.39, 0.29) is 72.4 Å². The van der Waals surface area contributed by atoms with Gasteiger partial charge in [0.25, 0.3) is 0 Å². The predicted octanol–water partition coefficient (Wildman–Crippen LogP) is 0.513. The number of aromatic hydroxyl groups is 2. The SMILES string of the molecule is NCCCCC(C(CO)N(Cc1cc(CO)ccc1O)CP(=O)(O)O)N(Cc1cc(CO)ccc1O)CP(=O)(O)O.[Fe]. The molecule has 0 aliphatic heterocycles. The van der Waals surface area contributed by atoms with Crippen LogP contribution in [0.1, 0.15) is 41.5 Å². The van der Waals surface area contributed by atoms with E-state index in [4.69, 9.17) is 5.73 Å². The summed E-state index contributed by atoms with van der Waals surface area (Å²) in [5.41, 5.74) is 6.97. The van der Waals surface area contributed by atoms with Gasteiger partial charge in [-0.15, -0.1) is 0 Å². The number of hydrogen-bond acceptors (Lipinski definition) is 10. The van der Waals surface area contributed by atoms with Crippen LogP contribution in [0.25, 0.3) is 0 Å². The number of rotatable bonds is 18. The van der Waals surface area contributed by atoms with Crippen LogP contribution in [0.4, 0.5) is 0 Å². The zero-order valence-corrected chi connectivity index (χ0v) is 25.9. The summed E-state index contributed by atoms with van der Waals surface area (Å²) in [5, 5.41) is 50.6. The minimum Gasteiger partial charge on any atom is -0.508 e. The number of aliphatic hydroxyl groups excluding tert-OH is 3. The summed E-state index contributed by atoms with van der Waals surface area (Å²) in [6.45, 7) is -1.60. The molecule has 0 aliphatic carbocycles. The van der Waals surface area contributed by atoms with Crippen LogP contribution < -0.4 is 5.73 Å². The first-order valence-corrected chi connectivity index (χ1v) is 16.5. The molecule has 14 nitrogen and oxygen atoms in total.